The summed E-state index contributed by atoms with van der Waals surface area (Å²) < 4.78 is 13.4. The van der Waals surface area contributed by atoms with Gasteiger partial charge in [-0.2, -0.15) is 0 Å². The van der Waals surface area contributed by atoms with Gasteiger partial charge in [0.2, 0.25) is 0 Å². The number of carbonyl (C=O) groups is 1. The molecule has 6 rings (SSSR count). The summed E-state index contributed by atoms with van der Waals surface area (Å²) in [5.41, 5.74) is 6.75. The molecule has 0 radical (unpaired) electrons. The van der Waals surface area contributed by atoms with Crippen LogP contribution in [0.3, 0.4) is 0 Å². The molecular weight excluding hydrogens is 572 g/mol. The molecule has 1 amide bonds. The summed E-state index contributed by atoms with van der Waals surface area (Å²) in [6.07, 6.45) is 7.10. The molecule has 4 aromatic carbocycles. The Morgan fingerprint density at radius 1 is 0.848 bits per heavy atom. The Morgan fingerprint density at radius 2 is 1.59 bits per heavy atom. The highest BCUT2D eigenvalue weighted by atomic mass is 16.7. The fourth-order valence-electron chi connectivity index (χ4n) is 6.70. The van der Waals surface area contributed by atoms with Crippen molar-refractivity contribution in [2.24, 2.45) is 0 Å². The van der Waals surface area contributed by atoms with Crippen molar-refractivity contribution in [1.29, 1.82) is 0 Å². The van der Waals surface area contributed by atoms with E-state index in [1.165, 1.54) is 25.7 Å². The number of rotatable bonds is 12. The number of nitrogens with one attached hydrogen (secondary N) is 1. The first-order valence-corrected chi connectivity index (χ1v) is 16.5. The van der Waals surface area contributed by atoms with Gasteiger partial charge in [0, 0.05) is 43.2 Å². The summed E-state index contributed by atoms with van der Waals surface area (Å²) in [5, 5.41) is 12.6. The second-order valence-electron chi connectivity index (χ2n) is 12.4. The van der Waals surface area contributed by atoms with Gasteiger partial charge >= 0.3 is 0 Å². The molecule has 1 saturated carbocycles. The van der Waals surface area contributed by atoms with Crippen LogP contribution in [-0.4, -0.2) is 41.1 Å². The highest BCUT2D eigenvalue weighted by molar-refractivity contribution is 5.94. The molecule has 1 aliphatic carbocycles. The molecule has 6 heteroatoms. The van der Waals surface area contributed by atoms with Gasteiger partial charge in [-0.15, -0.1) is 6.58 Å². The Balaban J connectivity index is 1.21. The summed E-state index contributed by atoms with van der Waals surface area (Å²) in [4.78, 5) is 15.1. The van der Waals surface area contributed by atoms with E-state index in [0.29, 0.717) is 18.2 Å². The molecule has 0 bridgehead atoms. The summed E-state index contributed by atoms with van der Waals surface area (Å²) in [6.45, 7) is 6.18. The van der Waals surface area contributed by atoms with E-state index in [1.54, 1.807) is 0 Å². The Bertz CT molecular complexity index is 1580. The minimum atomic E-state index is -0.524. The first-order valence-electron chi connectivity index (χ1n) is 16.5. The van der Waals surface area contributed by atoms with Crippen molar-refractivity contribution in [1.82, 2.24) is 10.2 Å². The van der Waals surface area contributed by atoms with Crippen LogP contribution in [0.15, 0.2) is 116 Å². The van der Waals surface area contributed by atoms with Crippen LogP contribution in [0.25, 0.3) is 11.1 Å². The monoisotopic (exact) mass is 616 g/mol. The minimum Gasteiger partial charge on any atom is -0.392 e. The number of aliphatic hydroxyl groups is 1. The van der Waals surface area contributed by atoms with Crippen LogP contribution < -0.4 is 5.32 Å². The average molecular weight is 617 g/mol. The molecule has 2 N–H and O–H groups in total. The summed E-state index contributed by atoms with van der Waals surface area (Å²) in [5.74, 6) is -0.0886. The Morgan fingerprint density at radius 3 is 2.33 bits per heavy atom. The van der Waals surface area contributed by atoms with E-state index in [-0.39, 0.29) is 24.7 Å². The molecule has 2 aliphatic rings. The normalized spacial score (nSPS) is 20.1. The van der Waals surface area contributed by atoms with Gasteiger partial charge in [0.1, 0.15) is 0 Å². The zero-order valence-corrected chi connectivity index (χ0v) is 26.4. The Kier molecular flexibility index (Phi) is 10.7. The van der Waals surface area contributed by atoms with Crippen LogP contribution in [0.2, 0.25) is 0 Å². The molecule has 4 aromatic rings. The predicted molar refractivity (Wildman–Crippen MR) is 182 cm³/mol. The molecule has 0 unspecified atom stereocenters. The van der Waals surface area contributed by atoms with Crippen molar-refractivity contribution >= 4 is 5.91 Å². The van der Waals surface area contributed by atoms with Crippen molar-refractivity contribution in [3.63, 3.8) is 0 Å². The van der Waals surface area contributed by atoms with E-state index in [2.05, 4.69) is 65.3 Å². The lowest BCUT2D eigenvalue weighted by Gasteiger charge is -2.39. The zero-order chi connectivity index (χ0) is 31.7. The van der Waals surface area contributed by atoms with Crippen LogP contribution in [-0.2, 0) is 22.6 Å². The maximum Gasteiger partial charge on any atom is 0.251 e. The molecule has 0 spiro atoms. The molecule has 46 heavy (non-hydrogen) atoms. The fourth-order valence-corrected chi connectivity index (χ4v) is 6.70. The van der Waals surface area contributed by atoms with Crippen LogP contribution in [0.4, 0.5) is 0 Å². The van der Waals surface area contributed by atoms with Crippen LogP contribution >= 0.6 is 0 Å². The SMILES string of the molecule is C=CCN(C[C@@H]1C[C@H](c2ccc(CO)cc2)O[C@H](c2cccc(-c3cccc(CNC(=O)c4ccccc4)c3)c2)O1)C1CCCC1. The van der Waals surface area contributed by atoms with E-state index in [9.17, 15) is 9.90 Å². The van der Waals surface area contributed by atoms with Crippen molar-refractivity contribution in [2.45, 2.75) is 69.8 Å². The maximum absolute atomic E-state index is 12.6. The number of hydrogen-bond donors (Lipinski definition) is 2. The van der Waals surface area contributed by atoms with Gasteiger partial charge in [0.25, 0.3) is 5.91 Å². The van der Waals surface area contributed by atoms with Gasteiger partial charge in [-0.05, 0) is 64.9 Å². The molecular formula is C40H44N2O4. The van der Waals surface area contributed by atoms with Crippen LogP contribution in [0.5, 0.6) is 0 Å². The van der Waals surface area contributed by atoms with Gasteiger partial charge in [-0.3, -0.25) is 9.69 Å². The smallest absolute Gasteiger partial charge is 0.251 e. The second-order valence-corrected chi connectivity index (χ2v) is 12.4. The van der Waals surface area contributed by atoms with Gasteiger partial charge in [0.05, 0.1) is 18.8 Å². The number of carbonyl (C=O) groups excluding carboxylic acids is 1. The third-order valence-corrected chi connectivity index (χ3v) is 9.17. The number of benzene rings is 4. The molecule has 6 nitrogen and oxygen atoms in total. The lowest BCUT2D eigenvalue weighted by Crippen LogP contribution is -2.43. The topological polar surface area (TPSA) is 71.0 Å². The third-order valence-electron chi connectivity index (χ3n) is 9.17. The molecule has 1 heterocycles. The van der Waals surface area contributed by atoms with Gasteiger partial charge in [-0.25, -0.2) is 0 Å². The number of nitrogens with zero attached hydrogens (tertiary/aromatic N) is 1. The Hall–Kier alpha value is -4.07. The second kappa shape index (κ2) is 15.5. The standard InChI is InChI=1S/C40H44N2O4/c1-2-22-42(36-16-6-7-17-36)27-37-25-38(31-20-18-29(28-43)19-21-31)46-40(45-37)35-15-9-14-34(24-35)33-13-8-10-30(23-33)26-41-39(44)32-11-4-3-5-12-32/h2-5,8-15,18-21,23-24,36-38,40,43H,1,6-7,16-17,22,25-28H2,(H,41,44)/t37-,38+,40+/m0/s1. The summed E-state index contributed by atoms with van der Waals surface area (Å²) >= 11 is 0. The molecule has 0 aromatic heterocycles. The van der Waals surface area contributed by atoms with Gasteiger partial charge in [-0.1, -0.05) is 97.8 Å². The lowest BCUT2D eigenvalue weighted by atomic mass is 9.98. The zero-order valence-electron chi connectivity index (χ0n) is 26.4. The quantitative estimate of drug-likeness (QED) is 0.159. The van der Waals surface area contributed by atoms with E-state index in [4.69, 9.17) is 9.47 Å². The first kappa shape index (κ1) is 31.9. The highest BCUT2D eigenvalue weighted by Gasteiger charge is 2.34. The summed E-state index contributed by atoms with van der Waals surface area (Å²) in [7, 11) is 0. The van der Waals surface area contributed by atoms with E-state index < -0.39 is 6.29 Å². The fraction of sp³-hybridized carbons (Fsp3) is 0.325. The molecule has 3 atom stereocenters. The Labute approximate surface area is 272 Å². The van der Waals surface area contributed by atoms with E-state index in [0.717, 1.165) is 52.9 Å². The van der Waals surface area contributed by atoms with Crippen molar-refractivity contribution in [2.75, 3.05) is 13.1 Å². The largest absolute Gasteiger partial charge is 0.392 e. The van der Waals surface area contributed by atoms with Crippen molar-refractivity contribution in [3.8, 4) is 11.1 Å². The average Bonchev–Trinajstić information content (AvgIpc) is 3.66. The predicted octanol–water partition coefficient (Wildman–Crippen LogP) is 7.75. The molecule has 1 saturated heterocycles. The van der Waals surface area contributed by atoms with E-state index >= 15 is 0 Å². The minimum absolute atomic E-state index is 0.0120. The van der Waals surface area contributed by atoms with E-state index in [1.807, 2.05) is 60.7 Å². The van der Waals surface area contributed by atoms with Crippen LogP contribution in [0.1, 0.15) is 77.1 Å². The van der Waals surface area contributed by atoms with Crippen molar-refractivity contribution < 1.29 is 19.4 Å². The van der Waals surface area contributed by atoms with Gasteiger partial charge in [0.15, 0.2) is 6.29 Å². The highest BCUT2D eigenvalue weighted by Crippen LogP contribution is 2.39. The summed E-state index contributed by atoms with van der Waals surface area (Å²) in [6, 6.07) is 34.6. The third kappa shape index (κ3) is 8.01. The van der Waals surface area contributed by atoms with Crippen molar-refractivity contribution in [3.05, 3.63) is 144 Å². The number of aliphatic hydroxyl groups excluding tert-OH is 1. The number of ether oxygens (including phenoxy) is 2. The number of hydrogen-bond acceptors (Lipinski definition) is 5. The maximum atomic E-state index is 12.6. The van der Waals surface area contributed by atoms with Crippen LogP contribution in [0, 0.1) is 0 Å². The molecule has 2 fully saturated rings. The molecule has 1 aliphatic heterocycles. The molecule has 238 valence electrons. The lowest BCUT2D eigenvalue weighted by molar-refractivity contribution is -0.253. The number of amides is 1. The van der Waals surface area contributed by atoms with Gasteiger partial charge < -0.3 is 19.9 Å². The first-order chi connectivity index (χ1) is 22.6.